The molecule has 0 aliphatic heterocycles. The van der Waals surface area contributed by atoms with Crippen LogP contribution >= 0.6 is 12.4 Å². The van der Waals surface area contributed by atoms with Crippen molar-refractivity contribution in [3.05, 3.63) is 92.3 Å². The quantitative estimate of drug-likeness (QED) is 0.285. The minimum Gasteiger partial charge on any atom is -0.508 e. The first kappa shape index (κ1) is 29.7. The molecule has 0 spiro atoms. The van der Waals surface area contributed by atoms with E-state index in [2.05, 4.69) is 4.74 Å². The van der Waals surface area contributed by atoms with Crippen LogP contribution in [0.2, 0.25) is 0 Å². The number of rotatable bonds is 4. The summed E-state index contributed by atoms with van der Waals surface area (Å²) in [6, 6.07) is 10.2. The summed E-state index contributed by atoms with van der Waals surface area (Å²) < 4.78 is 47.1. The van der Waals surface area contributed by atoms with Crippen LogP contribution in [0.5, 0.6) is 17.2 Å². The number of nitrogens with two attached hydrogens (primary N) is 1. The zero-order valence-corrected chi connectivity index (χ0v) is 18.4. The maximum absolute atomic E-state index is 12.7. The normalized spacial score (nSPS) is 9.21. The molecule has 0 atom stereocenters. The second-order valence-corrected chi connectivity index (χ2v) is 5.85. The average Bonchev–Trinajstić information content (AvgIpc) is 2.78. The molecular formula is C20H19ClF3N3O7. The highest BCUT2D eigenvalue weighted by atomic mass is 35.5. The number of aromatic hydroxyl groups is 1. The predicted octanol–water partition coefficient (Wildman–Crippen LogP) is 5.02. The van der Waals surface area contributed by atoms with Gasteiger partial charge in [0.15, 0.2) is 0 Å². The molecule has 0 aliphatic carbocycles. The lowest BCUT2D eigenvalue weighted by atomic mass is 10.3. The van der Waals surface area contributed by atoms with Gasteiger partial charge in [-0.15, -0.1) is 12.4 Å². The first-order chi connectivity index (χ1) is 15.5. The summed E-state index contributed by atoms with van der Waals surface area (Å²) in [5.74, 6) is -1.71. The fourth-order valence-electron chi connectivity index (χ4n) is 2.05. The molecule has 184 valence electrons. The van der Waals surface area contributed by atoms with E-state index in [1.54, 1.807) is 0 Å². The Labute approximate surface area is 197 Å². The molecule has 0 unspecified atom stereocenters. The van der Waals surface area contributed by atoms with Crippen molar-refractivity contribution in [1.29, 1.82) is 0 Å². The van der Waals surface area contributed by atoms with Crippen LogP contribution in [0, 0.1) is 37.7 Å². The fourth-order valence-corrected chi connectivity index (χ4v) is 2.05. The molecular weight excluding hydrogens is 487 g/mol. The van der Waals surface area contributed by atoms with E-state index in [1.807, 2.05) is 0 Å². The Morgan fingerprint density at radius 1 is 0.765 bits per heavy atom. The van der Waals surface area contributed by atoms with E-state index >= 15 is 0 Å². The van der Waals surface area contributed by atoms with Crippen LogP contribution in [0.1, 0.15) is 0 Å². The lowest BCUT2D eigenvalue weighted by molar-refractivity contribution is -0.387. The van der Waals surface area contributed by atoms with E-state index < -0.39 is 38.7 Å². The molecule has 0 radical (unpaired) electrons. The molecule has 10 nitrogen and oxygen atoms in total. The van der Waals surface area contributed by atoms with Crippen molar-refractivity contribution in [2.75, 3.05) is 20.0 Å². The topological polar surface area (TPSA) is 151 Å². The number of ether oxygens (including phenoxy) is 2. The van der Waals surface area contributed by atoms with Crippen molar-refractivity contribution >= 4 is 29.5 Å². The molecule has 3 aromatic carbocycles. The van der Waals surface area contributed by atoms with Gasteiger partial charge < -0.3 is 20.3 Å². The van der Waals surface area contributed by atoms with E-state index in [1.165, 1.54) is 38.5 Å². The minimum atomic E-state index is -0.951. The van der Waals surface area contributed by atoms with Crippen molar-refractivity contribution in [3.8, 4) is 17.2 Å². The Hall–Kier alpha value is -4.26. The summed E-state index contributed by atoms with van der Waals surface area (Å²) >= 11 is 0. The van der Waals surface area contributed by atoms with Crippen LogP contribution in [0.15, 0.2) is 54.6 Å². The van der Waals surface area contributed by atoms with Crippen molar-refractivity contribution in [2.45, 2.75) is 0 Å². The lowest BCUT2D eigenvalue weighted by Crippen LogP contribution is -1.93. The SMILES string of the molecule is COc1ccc(F)c(N)c1.COc1ccc(F)c([N+](=O)[O-])c1.Cl.O=[N+]([O-])c1cc(O)ccc1F. The third-order valence-electron chi connectivity index (χ3n) is 3.68. The molecule has 14 heteroatoms. The fraction of sp³-hybridized carbons (Fsp3) is 0.100. The lowest BCUT2D eigenvalue weighted by Gasteiger charge is -2.00. The van der Waals surface area contributed by atoms with E-state index in [0.29, 0.717) is 5.75 Å². The van der Waals surface area contributed by atoms with Crippen LogP contribution < -0.4 is 15.2 Å². The maximum Gasteiger partial charge on any atom is 0.308 e. The number of phenolic OH excluding ortho intramolecular Hbond substituents is 1. The average molecular weight is 506 g/mol. The Balaban J connectivity index is 0.000000475. The Kier molecular flexibility index (Phi) is 12.2. The number of phenols is 1. The van der Waals surface area contributed by atoms with Crippen LogP contribution in [0.3, 0.4) is 0 Å². The molecule has 34 heavy (non-hydrogen) atoms. The van der Waals surface area contributed by atoms with Gasteiger partial charge in [0.1, 0.15) is 23.1 Å². The van der Waals surface area contributed by atoms with Gasteiger partial charge >= 0.3 is 11.4 Å². The Morgan fingerprint density at radius 2 is 1.18 bits per heavy atom. The molecule has 0 amide bonds. The number of nitrogen functional groups attached to an aromatic ring is 1. The molecule has 0 heterocycles. The van der Waals surface area contributed by atoms with Crippen molar-refractivity contribution in [1.82, 2.24) is 0 Å². The zero-order valence-electron chi connectivity index (χ0n) is 17.6. The summed E-state index contributed by atoms with van der Waals surface area (Å²) in [6.07, 6.45) is 0. The Bertz CT molecular complexity index is 1140. The van der Waals surface area contributed by atoms with E-state index in [0.717, 1.165) is 30.3 Å². The van der Waals surface area contributed by atoms with Gasteiger partial charge in [-0.1, -0.05) is 0 Å². The number of nitrogens with zero attached hydrogens (tertiary/aromatic N) is 2. The van der Waals surface area contributed by atoms with Gasteiger partial charge in [0, 0.05) is 6.07 Å². The maximum atomic E-state index is 12.7. The van der Waals surface area contributed by atoms with Gasteiger partial charge in [0.2, 0.25) is 11.6 Å². The second-order valence-electron chi connectivity index (χ2n) is 5.85. The third kappa shape index (κ3) is 9.08. The van der Waals surface area contributed by atoms with Crippen LogP contribution in [-0.4, -0.2) is 29.2 Å². The number of hydrogen-bond acceptors (Lipinski definition) is 8. The zero-order chi connectivity index (χ0) is 25.1. The van der Waals surface area contributed by atoms with Crippen LogP contribution in [-0.2, 0) is 0 Å². The highest BCUT2D eigenvalue weighted by Gasteiger charge is 2.14. The highest BCUT2D eigenvalue weighted by Crippen LogP contribution is 2.23. The van der Waals surface area contributed by atoms with Crippen LogP contribution in [0.25, 0.3) is 0 Å². The molecule has 0 bridgehead atoms. The number of nitro benzene ring substituents is 2. The second kappa shape index (κ2) is 14.0. The largest absolute Gasteiger partial charge is 0.508 e. The Morgan fingerprint density at radius 3 is 1.59 bits per heavy atom. The van der Waals surface area contributed by atoms with E-state index in [-0.39, 0.29) is 29.6 Å². The van der Waals surface area contributed by atoms with Gasteiger partial charge in [0.05, 0.1) is 41.9 Å². The third-order valence-corrected chi connectivity index (χ3v) is 3.68. The smallest absolute Gasteiger partial charge is 0.308 e. The molecule has 3 aromatic rings. The van der Waals surface area contributed by atoms with Gasteiger partial charge in [-0.25, -0.2) is 4.39 Å². The monoisotopic (exact) mass is 505 g/mol. The van der Waals surface area contributed by atoms with Gasteiger partial charge in [-0.2, -0.15) is 8.78 Å². The van der Waals surface area contributed by atoms with Gasteiger partial charge in [0.25, 0.3) is 0 Å². The van der Waals surface area contributed by atoms with E-state index in [9.17, 15) is 33.4 Å². The number of halogens is 4. The number of anilines is 1. The first-order valence-electron chi connectivity index (χ1n) is 8.70. The van der Waals surface area contributed by atoms with Gasteiger partial charge in [-0.05, 0) is 36.4 Å². The summed E-state index contributed by atoms with van der Waals surface area (Å²) in [6.45, 7) is 0. The van der Waals surface area contributed by atoms with Crippen molar-refractivity contribution in [3.63, 3.8) is 0 Å². The molecule has 0 saturated carbocycles. The molecule has 0 aromatic heterocycles. The first-order valence-corrected chi connectivity index (χ1v) is 8.70. The highest BCUT2D eigenvalue weighted by molar-refractivity contribution is 5.85. The summed E-state index contributed by atoms with van der Waals surface area (Å²) in [5, 5.41) is 28.9. The molecule has 0 aliphatic rings. The number of methoxy groups -OCH3 is 2. The van der Waals surface area contributed by atoms with Gasteiger partial charge in [-0.3, -0.25) is 20.2 Å². The van der Waals surface area contributed by atoms with Crippen molar-refractivity contribution in [2.24, 2.45) is 0 Å². The standard InChI is InChI=1S/C7H6FNO3.C7H8FNO.C6H4FNO3.ClH/c1-12-5-2-3-6(8)7(4-5)9(10)11;1-10-5-2-3-6(8)7(9)4-5;7-5-2-1-4(9)3-6(5)8(10)11;/h2-4H,1H3;2-4H,9H2,1H3;1-3,9H;1H. The molecule has 0 saturated heterocycles. The summed E-state index contributed by atoms with van der Waals surface area (Å²) in [4.78, 5) is 18.5. The molecule has 0 fully saturated rings. The molecule has 3 N–H and O–H groups in total. The summed E-state index contributed by atoms with van der Waals surface area (Å²) in [7, 11) is 2.86. The number of hydrogen-bond donors (Lipinski definition) is 2. The van der Waals surface area contributed by atoms with Crippen LogP contribution in [0.4, 0.5) is 30.2 Å². The number of nitro groups is 2. The minimum absolute atomic E-state index is 0. The predicted molar refractivity (Wildman–Crippen MR) is 119 cm³/mol. The molecule has 3 rings (SSSR count). The number of benzene rings is 3. The summed E-state index contributed by atoms with van der Waals surface area (Å²) in [5.41, 5.74) is 4.06. The van der Waals surface area contributed by atoms with Crippen molar-refractivity contribution < 1.29 is 37.6 Å². The van der Waals surface area contributed by atoms with E-state index in [4.69, 9.17) is 15.6 Å².